The van der Waals surface area contributed by atoms with Gasteiger partial charge in [-0.15, -0.1) is 0 Å². The van der Waals surface area contributed by atoms with E-state index in [1.54, 1.807) is 7.11 Å². The van der Waals surface area contributed by atoms with E-state index in [2.05, 4.69) is 34.9 Å². The number of hydrogen-bond donors (Lipinski definition) is 0. The molecule has 2 heterocycles. The highest BCUT2D eigenvalue weighted by Crippen LogP contribution is 2.32. The van der Waals surface area contributed by atoms with Crippen LogP contribution in [0.4, 0.5) is 0 Å². The highest BCUT2D eigenvalue weighted by molar-refractivity contribution is 5.76. The first-order chi connectivity index (χ1) is 9.85. The third-order valence-electron chi connectivity index (χ3n) is 4.15. The summed E-state index contributed by atoms with van der Waals surface area (Å²) in [4.78, 5) is 4.74. The van der Waals surface area contributed by atoms with Crippen molar-refractivity contribution in [3.8, 4) is 5.75 Å². The number of methoxy groups -OCH3 is 1. The summed E-state index contributed by atoms with van der Waals surface area (Å²) in [5, 5.41) is 0. The predicted molar refractivity (Wildman–Crippen MR) is 79.2 cm³/mol. The molecule has 20 heavy (non-hydrogen) atoms. The molecular weight excluding hydrogens is 248 g/mol. The van der Waals surface area contributed by atoms with E-state index in [9.17, 15) is 0 Å². The van der Waals surface area contributed by atoms with Crippen LogP contribution in [-0.4, -0.2) is 16.7 Å². The molecule has 2 aromatic carbocycles. The zero-order valence-electron chi connectivity index (χ0n) is 11.4. The zero-order valence-corrected chi connectivity index (χ0v) is 11.4. The van der Waals surface area contributed by atoms with Gasteiger partial charge >= 0.3 is 0 Å². The number of imidazole rings is 1. The standard InChI is InChI=1S/C17H16N2O/c1-20-14-8-6-12(7-9-14)13-10-17-18-15-4-2-3-5-16(15)19(17)11-13/h2-9,13H,10-11H2,1H3/t13-/m0/s1. The maximum Gasteiger partial charge on any atom is 0.118 e. The van der Waals surface area contributed by atoms with Crippen LogP contribution in [0.15, 0.2) is 48.5 Å². The van der Waals surface area contributed by atoms with Gasteiger partial charge in [0.1, 0.15) is 11.6 Å². The fraction of sp³-hybridized carbons (Fsp3) is 0.235. The summed E-state index contributed by atoms with van der Waals surface area (Å²) < 4.78 is 7.57. The Morgan fingerprint density at radius 3 is 2.70 bits per heavy atom. The monoisotopic (exact) mass is 264 g/mol. The fourth-order valence-corrected chi connectivity index (χ4v) is 3.09. The zero-order chi connectivity index (χ0) is 13.5. The third-order valence-corrected chi connectivity index (χ3v) is 4.15. The van der Waals surface area contributed by atoms with E-state index in [1.165, 1.54) is 16.9 Å². The molecule has 1 aliphatic rings. The Morgan fingerprint density at radius 2 is 1.90 bits per heavy atom. The first-order valence-electron chi connectivity index (χ1n) is 6.93. The number of para-hydroxylation sites is 2. The Kier molecular flexibility index (Phi) is 2.52. The lowest BCUT2D eigenvalue weighted by atomic mass is 9.98. The van der Waals surface area contributed by atoms with Gasteiger partial charge in [-0.1, -0.05) is 24.3 Å². The molecule has 3 nitrogen and oxygen atoms in total. The number of hydrogen-bond acceptors (Lipinski definition) is 2. The smallest absolute Gasteiger partial charge is 0.118 e. The number of rotatable bonds is 2. The molecule has 0 saturated carbocycles. The lowest BCUT2D eigenvalue weighted by Gasteiger charge is -2.10. The normalized spacial score (nSPS) is 17.4. The van der Waals surface area contributed by atoms with Crippen LogP contribution in [0.5, 0.6) is 5.75 Å². The number of nitrogens with zero attached hydrogens (tertiary/aromatic N) is 2. The summed E-state index contributed by atoms with van der Waals surface area (Å²) in [6.07, 6.45) is 1.01. The molecule has 1 aliphatic heterocycles. The largest absolute Gasteiger partial charge is 0.497 e. The van der Waals surface area contributed by atoms with Crippen LogP contribution in [0.1, 0.15) is 17.3 Å². The van der Waals surface area contributed by atoms with Crippen LogP contribution in [-0.2, 0) is 13.0 Å². The number of benzene rings is 2. The van der Waals surface area contributed by atoms with Gasteiger partial charge in [-0.25, -0.2) is 4.98 Å². The fourth-order valence-electron chi connectivity index (χ4n) is 3.09. The molecule has 0 spiro atoms. The minimum Gasteiger partial charge on any atom is -0.497 e. The van der Waals surface area contributed by atoms with Gasteiger partial charge in [-0.3, -0.25) is 0 Å². The molecule has 0 unspecified atom stereocenters. The Hall–Kier alpha value is -2.29. The van der Waals surface area contributed by atoms with Crippen LogP contribution in [0.3, 0.4) is 0 Å². The van der Waals surface area contributed by atoms with Gasteiger partial charge in [0.05, 0.1) is 18.1 Å². The predicted octanol–water partition coefficient (Wildman–Crippen LogP) is 3.38. The van der Waals surface area contributed by atoms with E-state index in [0.29, 0.717) is 5.92 Å². The highest BCUT2D eigenvalue weighted by atomic mass is 16.5. The van der Waals surface area contributed by atoms with Gasteiger partial charge in [0, 0.05) is 18.9 Å². The molecule has 0 fully saturated rings. The van der Waals surface area contributed by atoms with E-state index >= 15 is 0 Å². The number of ether oxygens (including phenoxy) is 1. The Labute approximate surface area is 117 Å². The topological polar surface area (TPSA) is 27.1 Å². The molecule has 0 aliphatic carbocycles. The Morgan fingerprint density at radius 1 is 1.10 bits per heavy atom. The summed E-state index contributed by atoms with van der Waals surface area (Å²) in [5.74, 6) is 2.63. The van der Waals surface area contributed by atoms with Crippen molar-refractivity contribution in [2.45, 2.75) is 18.9 Å². The minimum atomic E-state index is 0.521. The van der Waals surface area contributed by atoms with Gasteiger partial charge in [-0.05, 0) is 29.8 Å². The molecule has 0 amide bonds. The molecule has 3 aromatic rings. The molecular formula is C17H16N2O. The second-order valence-corrected chi connectivity index (χ2v) is 5.30. The third kappa shape index (κ3) is 1.70. The second-order valence-electron chi connectivity index (χ2n) is 5.30. The number of fused-ring (bicyclic) bond motifs is 3. The lowest BCUT2D eigenvalue weighted by molar-refractivity contribution is 0.414. The molecule has 0 bridgehead atoms. The van der Waals surface area contributed by atoms with E-state index in [-0.39, 0.29) is 0 Å². The molecule has 0 radical (unpaired) electrons. The average molecular weight is 264 g/mol. The molecule has 3 heteroatoms. The van der Waals surface area contributed by atoms with Crippen molar-refractivity contribution in [3.05, 3.63) is 59.9 Å². The van der Waals surface area contributed by atoms with E-state index in [1.807, 2.05) is 18.2 Å². The molecule has 1 atom stereocenters. The van der Waals surface area contributed by atoms with Crippen molar-refractivity contribution >= 4 is 11.0 Å². The van der Waals surface area contributed by atoms with Crippen LogP contribution >= 0.6 is 0 Å². The average Bonchev–Trinajstić information content (AvgIpc) is 3.05. The molecule has 100 valence electrons. The summed E-state index contributed by atoms with van der Waals surface area (Å²) in [6, 6.07) is 16.8. The first kappa shape index (κ1) is 11.5. The van der Waals surface area contributed by atoms with Gasteiger partial charge in [0.25, 0.3) is 0 Å². The van der Waals surface area contributed by atoms with Crippen LogP contribution in [0, 0.1) is 0 Å². The van der Waals surface area contributed by atoms with Crippen LogP contribution in [0.2, 0.25) is 0 Å². The SMILES string of the molecule is COc1ccc([C@H]2Cc3nc4ccccc4n3C2)cc1. The van der Waals surface area contributed by atoms with Gasteiger partial charge in [-0.2, -0.15) is 0 Å². The molecule has 0 saturated heterocycles. The van der Waals surface area contributed by atoms with E-state index in [4.69, 9.17) is 9.72 Å². The lowest BCUT2D eigenvalue weighted by Crippen LogP contribution is -2.01. The van der Waals surface area contributed by atoms with Crippen molar-refractivity contribution < 1.29 is 4.74 Å². The Balaban J connectivity index is 1.67. The highest BCUT2D eigenvalue weighted by Gasteiger charge is 2.25. The van der Waals surface area contributed by atoms with Gasteiger partial charge < -0.3 is 9.30 Å². The maximum atomic E-state index is 5.22. The number of aromatic nitrogens is 2. The van der Waals surface area contributed by atoms with Crippen LogP contribution in [0.25, 0.3) is 11.0 Å². The summed E-state index contributed by atoms with van der Waals surface area (Å²) in [5.41, 5.74) is 3.72. The van der Waals surface area contributed by atoms with E-state index in [0.717, 1.165) is 24.2 Å². The quantitative estimate of drug-likeness (QED) is 0.709. The summed E-state index contributed by atoms with van der Waals surface area (Å²) >= 11 is 0. The van der Waals surface area contributed by atoms with Crippen molar-refractivity contribution in [1.29, 1.82) is 0 Å². The Bertz CT molecular complexity index is 758. The molecule has 0 N–H and O–H groups in total. The van der Waals surface area contributed by atoms with Crippen molar-refractivity contribution in [2.75, 3.05) is 7.11 Å². The second kappa shape index (κ2) is 4.37. The minimum absolute atomic E-state index is 0.521. The van der Waals surface area contributed by atoms with Crippen molar-refractivity contribution in [3.63, 3.8) is 0 Å². The summed E-state index contributed by atoms with van der Waals surface area (Å²) in [7, 11) is 1.70. The summed E-state index contributed by atoms with van der Waals surface area (Å²) in [6.45, 7) is 1.02. The molecule has 4 rings (SSSR count). The maximum absolute atomic E-state index is 5.22. The van der Waals surface area contributed by atoms with Crippen LogP contribution < -0.4 is 4.74 Å². The first-order valence-corrected chi connectivity index (χ1v) is 6.93. The van der Waals surface area contributed by atoms with Crippen molar-refractivity contribution in [1.82, 2.24) is 9.55 Å². The van der Waals surface area contributed by atoms with E-state index < -0.39 is 0 Å². The molecule has 1 aromatic heterocycles. The van der Waals surface area contributed by atoms with Gasteiger partial charge in [0.15, 0.2) is 0 Å². The van der Waals surface area contributed by atoms with Gasteiger partial charge in [0.2, 0.25) is 0 Å². The van der Waals surface area contributed by atoms with Crippen molar-refractivity contribution in [2.24, 2.45) is 0 Å².